The molecule has 172 valence electrons. The average molecular weight is 498 g/mol. The highest BCUT2D eigenvalue weighted by atomic mass is 35.5. The van der Waals surface area contributed by atoms with E-state index in [9.17, 15) is 4.79 Å². The Hall–Kier alpha value is -3.94. The highest BCUT2D eigenvalue weighted by molar-refractivity contribution is 7.99. The van der Waals surface area contributed by atoms with Gasteiger partial charge >= 0.3 is 0 Å². The number of anilines is 2. The number of pyridine rings is 1. The van der Waals surface area contributed by atoms with Crippen LogP contribution in [0.25, 0.3) is 17.1 Å². The van der Waals surface area contributed by atoms with E-state index in [1.54, 1.807) is 17.3 Å². The van der Waals surface area contributed by atoms with Gasteiger partial charge in [0.1, 0.15) is 0 Å². The van der Waals surface area contributed by atoms with Gasteiger partial charge in [0.2, 0.25) is 5.91 Å². The lowest BCUT2D eigenvalue weighted by atomic mass is 10.2. The van der Waals surface area contributed by atoms with Crippen LogP contribution in [0.3, 0.4) is 0 Å². The summed E-state index contributed by atoms with van der Waals surface area (Å²) in [6.07, 6.45) is 3.42. The Balaban J connectivity index is 1.48. The molecule has 0 bridgehead atoms. The molecule has 0 fully saturated rings. The minimum Gasteiger partial charge on any atom is -0.280 e. The summed E-state index contributed by atoms with van der Waals surface area (Å²) in [6, 6.07) is 30.4. The van der Waals surface area contributed by atoms with Gasteiger partial charge in [-0.05, 0) is 54.6 Å². The molecule has 0 saturated carbocycles. The molecule has 0 aliphatic carbocycles. The minimum absolute atomic E-state index is 0.0708. The van der Waals surface area contributed by atoms with Gasteiger partial charge in [0.25, 0.3) is 0 Å². The zero-order valence-corrected chi connectivity index (χ0v) is 20.1. The third-order valence-corrected chi connectivity index (χ3v) is 6.39. The molecule has 0 N–H and O–H groups in total. The van der Waals surface area contributed by atoms with Crippen LogP contribution in [-0.4, -0.2) is 31.4 Å². The number of rotatable bonds is 7. The molecule has 3 aromatic carbocycles. The van der Waals surface area contributed by atoms with Gasteiger partial charge < -0.3 is 0 Å². The Morgan fingerprint density at radius 3 is 2.11 bits per heavy atom. The maximum absolute atomic E-state index is 13.5. The highest BCUT2D eigenvalue weighted by Crippen LogP contribution is 2.31. The number of halogens is 1. The molecule has 35 heavy (non-hydrogen) atoms. The molecule has 0 spiro atoms. The molecule has 5 rings (SSSR count). The standard InChI is InChI=1S/C27H20ClN5OS/c28-21-8-7-13-24(18-21)33-26(20-14-16-29-17-15-20)30-31-27(33)35-19-25(34)32(22-9-3-1-4-10-22)23-11-5-2-6-12-23/h1-18H,19H2. The summed E-state index contributed by atoms with van der Waals surface area (Å²) in [5.74, 6) is 0.741. The van der Waals surface area contributed by atoms with Crippen LogP contribution in [0.15, 0.2) is 115 Å². The van der Waals surface area contributed by atoms with Crippen molar-refractivity contribution in [3.63, 3.8) is 0 Å². The maximum Gasteiger partial charge on any atom is 0.242 e. The van der Waals surface area contributed by atoms with Crippen LogP contribution < -0.4 is 4.90 Å². The number of nitrogens with zero attached hydrogens (tertiary/aromatic N) is 5. The van der Waals surface area contributed by atoms with E-state index in [-0.39, 0.29) is 11.7 Å². The maximum atomic E-state index is 13.5. The molecule has 8 heteroatoms. The van der Waals surface area contributed by atoms with Crippen molar-refractivity contribution in [3.8, 4) is 17.1 Å². The van der Waals surface area contributed by atoms with E-state index in [4.69, 9.17) is 11.6 Å². The van der Waals surface area contributed by atoms with Crippen molar-refractivity contribution in [3.05, 3.63) is 114 Å². The zero-order chi connectivity index (χ0) is 24.0. The van der Waals surface area contributed by atoms with Gasteiger partial charge in [-0.2, -0.15) is 0 Å². The molecule has 0 aliphatic rings. The first kappa shape index (κ1) is 22.8. The molecule has 2 aromatic heterocycles. The highest BCUT2D eigenvalue weighted by Gasteiger charge is 2.21. The molecule has 0 atom stereocenters. The molecule has 5 aromatic rings. The van der Waals surface area contributed by atoms with Gasteiger partial charge in [-0.15, -0.1) is 10.2 Å². The summed E-state index contributed by atoms with van der Waals surface area (Å²) in [5.41, 5.74) is 3.28. The monoisotopic (exact) mass is 497 g/mol. The topological polar surface area (TPSA) is 63.9 Å². The quantitative estimate of drug-likeness (QED) is 0.242. The summed E-state index contributed by atoms with van der Waals surface area (Å²) >= 11 is 7.61. The molecule has 0 radical (unpaired) electrons. The van der Waals surface area contributed by atoms with Gasteiger partial charge in [-0.1, -0.05) is 65.8 Å². The lowest BCUT2D eigenvalue weighted by Crippen LogP contribution is -2.27. The SMILES string of the molecule is O=C(CSc1nnc(-c2ccncc2)n1-c1cccc(Cl)c1)N(c1ccccc1)c1ccccc1. The first-order valence-corrected chi connectivity index (χ1v) is 12.2. The van der Waals surface area contributed by atoms with Crippen molar-refractivity contribution in [2.75, 3.05) is 10.7 Å². The Bertz CT molecular complexity index is 1390. The lowest BCUT2D eigenvalue weighted by Gasteiger charge is -2.23. The third kappa shape index (κ3) is 5.11. The number of hydrogen-bond donors (Lipinski definition) is 0. The summed E-state index contributed by atoms with van der Waals surface area (Å²) in [6.45, 7) is 0. The number of carbonyl (C=O) groups is 1. The van der Waals surface area contributed by atoms with Crippen molar-refractivity contribution in [2.45, 2.75) is 5.16 Å². The van der Waals surface area contributed by atoms with Gasteiger partial charge in [0, 0.05) is 34.4 Å². The van der Waals surface area contributed by atoms with Crippen molar-refractivity contribution in [1.29, 1.82) is 0 Å². The Morgan fingerprint density at radius 1 is 0.829 bits per heavy atom. The second-order valence-corrected chi connectivity index (χ2v) is 8.93. The zero-order valence-electron chi connectivity index (χ0n) is 18.5. The fourth-order valence-electron chi connectivity index (χ4n) is 3.68. The second-order valence-electron chi connectivity index (χ2n) is 7.55. The first-order chi connectivity index (χ1) is 17.2. The average Bonchev–Trinajstić information content (AvgIpc) is 3.33. The second kappa shape index (κ2) is 10.5. The molecule has 0 saturated heterocycles. The van der Waals surface area contributed by atoms with Crippen LogP contribution in [0.1, 0.15) is 0 Å². The van der Waals surface area contributed by atoms with Crippen molar-refractivity contribution >= 4 is 40.6 Å². The fourth-order valence-corrected chi connectivity index (χ4v) is 4.67. The van der Waals surface area contributed by atoms with E-state index in [0.717, 1.165) is 22.6 Å². The Morgan fingerprint density at radius 2 is 1.49 bits per heavy atom. The van der Waals surface area contributed by atoms with Gasteiger partial charge in [-0.3, -0.25) is 19.2 Å². The number of thioether (sulfide) groups is 1. The minimum atomic E-state index is -0.0708. The predicted molar refractivity (Wildman–Crippen MR) is 140 cm³/mol. The molecule has 6 nitrogen and oxygen atoms in total. The molecule has 1 amide bonds. The van der Waals surface area contributed by atoms with Crippen LogP contribution in [0.5, 0.6) is 0 Å². The normalized spacial score (nSPS) is 10.8. The van der Waals surface area contributed by atoms with E-state index in [1.165, 1.54) is 11.8 Å². The van der Waals surface area contributed by atoms with Gasteiger partial charge in [0.05, 0.1) is 11.4 Å². The van der Waals surface area contributed by atoms with Crippen LogP contribution in [0, 0.1) is 0 Å². The number of benzene rings is 3. The number of hydrogen-bond acceptors (Lipinski definition) is 5. The van der Waals surface area contributed by atoms with Crippen LogP contribution >= 0.6 is 23.4 Å². The summed E-state index contributed by atoms with van der Waals surface area (Å²) < 4.78 is 1.91. The first-order valence-electron chi connectivity index (χ1n) is 10.9. The lowest BCUT2D eigenvalue weighted by molar-refractivity contribution is -0.115. The Labute approximate surface area is 212 Å². The van der Waals surface area contributed by atoms with Crippen molar-refractivity contribution in [1.82, 2.24) is 19.7 Å². The van der Waals surface area contributed by atoms with E-state index in [1.807, 2.05) is 102 Å². The predicted octanol–water partition coefficient (Wildman–Crippen LogP) is 6.44. The van der Waals surface area contributed by atoms with E-state index >= 15 is 0 Å². The molecular formula is C27H20ClN5OS. The summed E-state index contributed by atoms with van der Waals surface area (Å²) in [5, 5.41) is 10.0. The molecule has 0 unspecified atom stereocenters. The smallest absolute Gasteiger partial charge is 0.242 e. The number of amides is 1. The largest absolute Gasteiger partial charge is 0.280 e. The van der Waals surface area contributed by atoms with E-state index in [0.29, 0.717) is 16.0 Å². The van der Waals surface area contributed by atoms with Gasteiger partial charge in [0.15, 0.2) is 11.0 Å². The van der Waals surface area contributed by atoms with Crippen LogP contribution in [0.4, 0.5) is 11.4 Å². The van der Waals surface area contributed by atoms with E-state index < -0.39 is 0 Å². The molecule has 2 heterocycles. The van der Waals surface area contributed by atoms with Crippen LogP contribution in [0.2, 0.25) is 5.02 Å². The fraction of sp³-hybridized carbons (Fsp3) is 0.0370. The van der Waals surface area contributed by atoms with E-state index in [2.05, 4.69) is 15.2 Å². The van der Waals surface area contributed by atoms with Crippen LogP contribution in [-0.2, 0) is 4.79 Å². The third-order valence-electron chi connectivity index (χ3n) is 5.24. The number of aromatic nitrogens is 4. The van der Waals surface area contributed by atoms with Crippen molar-refractivity contribution in [2.24, 2.45) is 0 Å². The van der Waals surface area contributed by atoms with Gasteiger partial charge in [-0.25, -0.2) is 0 Å². The summed E-state index contributed by atoms with van der Waals surface area (Å²) in [4.78, 5) is 19.3. The molecule has 0 aliphatic heterocycles. The summed E-state index contributed by atoms with van der Waals surface area (Å²) in [7, 11) is 0. The Kier molecular flexibility index (Phi) is 6.88. The number of para-hydroxylation sites is 2. The molecular weight excluding hydrogens is 478 g/mol. The number of carbonyl (C=O) groups excluding carboxylic acids is 1. The van der Waals surface area contributed by atoms with Crippen molar-refractivity contribution < 1.29 is 4.79 Å².